The Morgan fingerprint density at radius 3 is 3.00 bits per heavy atom. The first kappa shape index (κ1) is 9.50. The second-order valence-corrected chi connectivity index (χ2v) is 5.41. The third-order valence-corrected chi connectivity index (χ3v) is 4.61. The van der Waals surface area contributed by atoms with Gasteiger partial charge < -0.3 is 0 Å². The van der Waals surface area contributed by atoms with Gasteiger partial charge in [0.1, 0.15) is 0 Å². The molecular weight excluding hydrogens is 305 g/mol. The van der Waals surface area contributed by atoms with Crippen LogP contribution in [0.25, 0.3) is 0 Å². The van der Waals surface area contributed by atoms with Gasteiger partial charge in [-0.25, -0.2) is 4.98 Å². The molecule has 0 aromatic carbocycles. The number of rotatable bonds is 0. The molecule has 0 radical (unpaired) electrons. The fourth-order valence-corrected chi connectivity index (χ4v) is 3.40. The fraction of sp³-hybridized carbons (Fsp3) is 0.500. The third kappa shape index (κ3) is 1.28. The first-order valence-corrected chi connectivity index (χ1v) is 6.17. The summed E-state index contributed by atoms with van der Waals surface area (Å²) in [5, 5.41) is 0. The molecule has 2 heterocycles. The zero-order valence-electron chi connectivity index (χ0n) is 8.22. The van der Waals surface area contributed by atoms with Gasteiger partial charge in [0.2, 0.25) is 5.91 Å². The van der Waals surface area contributed by atoms with Crippen molar-refractivity contribution in [1.82, 2.24) is 9.97 Å². The van der Waals surface area contributed by atoms with Gasteiger partial charge in [0.05, 0.1) is 9.62 Å². The van der Waals surface area contributed by atoms with Gasteiger partial charge in [-0.3, -0.25) is 14.7 Å². The number of anilines is 1. The highest BCUT2D eigenvalue weighted by molar-refractivity contribution is 14.1. The zero-order valence-corrected chi connectivity index (χ0v) is 10.4. The number of amides is 1. The molecule has 0 N–H and O–H groups in total. The van der Waals surface area contributed by atoms with E-state index in [1.165, 1.54) is 0 Å². The van der Waals surface area contributed by atoms with Crippen LogP contribution in [0.1, 0.15) is 18.0 Å². The van der Waals surface area contributed by atoms with Gasteiger partial charge in [0.15, 0.2) is 5.82 Å². The summed E-state index contributed by atoms with van der Waals surface area (Å²) in [5.74, 6) is 1.82. The summed E-state index contributed by atoms with van der Waals surface area (Å²) in [6.45, 7) is 0. The molecule has 1 amide bonds. The van der Waals surface area contributed by atoms with Gasteiger partial charge in [-0.05, 0) is 12.3 Å². The minimum Gasteiger partial charge on any atom is -0.298 e. The molecule has 0 saturated heterocycles. The van der Waals surface area contributed by atoms with Crippen molar-refractivity contribution in [1.29, 1.82) is 0 Å². The van der Waals surface area contributed by atoms with Gasteiger partial charge in [-0.2, -0.15) is 0 Å². The predicted molar refractivity (Wildman–Crippen MR) is 64.1 cm³/mol. The van der Waals surface area contributed by atoms with Crippen molar-refractivity contribution in [3.8, 4) is 0 Å². The number of carbonyl (C=O) groups is 1. The van der Waals surface area contributed by atoms with Gasteiger partial charge in [-0.15, -0.1) is 0 Å². The smallest absolute Gasteiger partial charge is 0.241 e. The molecule has 78 valence electrons. The molecular formula is C10H10IN3O. The number of fused-ring (bicyclic) bond motifs is 3. The summed E-state index contributed by atoms with van der Waals surface area (Å²) in [7, 11) is 1.78. The lowest BCUT2D eigenvalue weighted by atomic mass is 10.2. The Balaban J connectivity index is 2.14. The van der Waals surface area contributed by atoms with Crippen molar-refractivity contribution in [3.63, 3.8) is 0 Å². The van der Waals surface area contributed by atoms with Gasteiger partial charge >= 0.3 is 0 Å². The Morgan fingerprint density at radius 1 is 1.47 bits per heavy atom. The highest BCUT2D eigenvalue weighted by Crippen LogP contribution is 2.55. The SMILES string of the molecule is CN1C(=O)[C@H](I)C2C[C@H]2c2nccnc21. The second-order valence-electron chi connectivity index (χ2n) is 4.07. The molecule has 0 spiro atoms. The molecule has 2 aliphatic rings. The number of hydrogen-bond acceptors (Lipinski definition) is 3. The quantitative estimate of drug-likeness (QED) is 0.536. The average Bonchev–Trinajstić information content (AvgIpc) is 3.05. The molecule has 3 atom stereocenters. The lowest BCUT2D eigenvalue weighted by Crippen LogP contribution is -2.34. The van der Waals surface area contributed by atoms with Crippen molar-refractivity contribution in [3.05, 3.63) is 18.1 Å². The van der Waals surface area contributed by atoms with Crippen molar-refractivity contribution in [2.75, 3.05) is 11.9 Å². The largest absolute Gasteiger partial charge is 0.298 e. The van der Waals surface area contributed by atoms with Crippen LogP contribution in [0, 0.1) is 5.92 Å². The summed E-state index contributed by atoms with van der Waals surface area (Å²) < 4.78 is 0.0774. The van der Waals surface area contributed by atoms with Crippen molar-refractivity contribution in [2.24, 2.45) is 5.92 Å². The predicted octanol–water partition coefficient (Wildman–Crippen LogP) is 1.36. The molecule has 1 aliphatic carbocycles. The van der Waals surface area contributed by atoms with E-state index in [4.69, 9.17) is 0 Å². The maximum Gasteiger partial charge on any atom is 0.241 e. The zero-order chi connectivity index (χ0) is 10.6. The van der Waals surface area contributed by atoms with Crippen LogP contribution in [0.3, 0.4) is 0 Å². The summed E-state index contributed by atoms with van der Waals surface area (Å²) >= 11 is 2.24. The molecule has 1 unspecified atom stereocenters. The van der Waals surface area contributed by atoms with E-state index in [1.807, 2.05) is 0 Å². The van der Waals surface area contributed by atoms with Gasteiger partial charge in [-0.1, -0.05) is 22.6 Å². The van der Waals surface area contributed by atoms with Crippen molar-refractivity contribution in [2.45, 2.75) is 16.3 Å². The van der Waals surface area contributed by atoms with E-state index >= 15 is 0 Å². The summed E-state index contributed by atoms with van der Waals surface area (Å²) in [4.78, 5) is 22.3. The van der Waals surface area contributed by atoms with Crippen LogP contribution >= 0.6 is 22.6 Å². The Hall–Kier alpha value is -0.720. The fourth-order valence-electron chi connectivity index (χ4n) is 2.19. The Kier molecular flexibility index (Phi) is 1.99. The molecule has 0 bridgehead atoms. The molecule has 1 aromatic heterocycles. The monoisotopic (exact) mass is 315 g/mol. The van der Waals surface area contributed by atoms with Crippen LogP contribution < -0.4 is 4.90 Å². The van der Waals surface area contributed by atoms with E-state index < -0.39 is 0 Å². The molecule has 1 saturated carbocycles. The Bertz CT molecular complexity index is 436. The average molecular weight is 315 g/mol. The Labute approximate surface area is 101 Å². The number of carbonyl (C=O) groups excluding carboxylic acids is 1. The van der Waals surface area contributed by atoms with E-state index in [2.05, 4.69) is 32.6 Å². The number of halogens is 1. The molecule has 1 aliphatic heterocycles. The molecule has 3 rings (SSSR count). The number of alkyl halides is 1. The summed E-state index contributed by atoms with van der Waals surface area (Å²) in [6, 6.07) is 0. The van der Waals surface area contributed by atoms with Gasteiger partial charge in [0.25, 0.3) is 0 Å². The maximum atomic E-state index is 12.0. The topological polar surface area (TPSA) is 46.1 Å². The maximum absolute atomic E-state index is 12.0. The first-order chi connectivity index (χ1) is 7.20. The molecule has 4 nitrogen and oxygen atoms in total. The molecule has 1 fully saturated rings. The van der Waals surface area contributed by atoms with E-state index in [-0.39, 0.29) is 9.83 Å². The lowest BCUT2D eigenvalue weighted by molar-refractivity contribution is -0.117. The highest BCUT2D eigenvalue weighted by Gasteiger charge is 2.51. The van der Waals surface area contributed by atoms with Crippen molar-refractivity contribution < 1.29 is 4.79 Å². The summed E-state index contributed by atoms with van der Waals surface area (Å²) in [6.07, 6.45) is 4.44. The minimum absolute atomic E-state index is 0.0774. The standard InChI is InChI=1S/C10H10IN3O/c1-14-9-8(12-2-3-13-9)6-4-5(6)7(11)10(14)15/h2-3,5-7H,4H2,1H3/t5?,6-,7-/m1/s1. The lowest BCUT2D eigenvalue weighted by Gasteiger charge is -2.18. The number of nitrogens with zero attached hydrogens (tertiary/aromatic N) is 3. The molecule has 15 heavy (non-hydrogen) atoms. The van der Waals surface area contributed by atoms with Crippen LogP contribution in [0.15, 0.2) is 12.4 Å². The first-order valence-electron chi connectivity index (χ1n) is 4.92. The normalized spacial score (nSPS) is 33.1. The highest BCUT2D eigenvalue weighted by atomic mass is 127. The van der Waals surface area contributed by atoms with E-state index in [0.29, 0.717) is 11.8 Å². The number of aromatic nitrogens is 2. The van der Waals surface area contributed by atoms with E-state index in [0.717, 1.165) is 17.9 Å². The van der Waals surface area contributed by atoms with Crippen LogP contribution in [0.4, 0.5) is 5.82 Å². The third-order valence-electron chi connectivity index (χ3n) is 3.16. The number of hydrogen-bond donors (Lipinski definition) is 0. The molecule has 5 heteroatoms. The van der Waals surface area contributed by atoms with E-state index in [9.17, 15) is 4.79 Å². The van der Waals surface area contributed by atoms with Crippen molar-refractivity contribution >= 4 is 34.3 Å². The Morgan fingerprint density at radius 2 is 2.20 bits per heavy atom. The van der Waals surface area contributed by atoms with Crippen LogP contribution in [0.5, 0.6) is 0 Å². The van der Waals surface area contributed by atoms with Gasteiger partial charge in [0, 0.05) is 25.4 Å². The second kappa shape index (κ2) is 3.13. The van der Waals surface area contributed by atoms with Crippen LogP contribution in [0.2, 0.25) is 0 Å². The minimum atomic E-state index is 0.0774. The summed E-state index contributed by atoms with van der Waals surface area (Å²) in [5.41, 5.74) is 0.998. The van der Waals surface area contributed by atoms with Crippen LogP contribution in [-0.2, 0) is 4.79 Å². The molecule has 1 aromatic rings. The van der Waals surface area contributed by atoms with E-state index in [1.54, 1.807) is 24.3 Å². The van der Waals surface area contributed by atoms with Crippen LogP contribution in [-0.4, -0.2) is 26.8 Å².